The van der Waals surface area contributed by atoms with Crippen LogP contribution >= 0.6 is 0 Å². The highest BCUT2D eigenvalue weighted by Gasteiger charge is 2.40. The average Bonchev–Trinajstić information content (AvgIpc) is 2.48. The molecule has 0 saturated carbocycles. The Hall–Kier alpha value is -0.900. The fraction of sp³-hybridized carbons (Fsp3) is 0.867. The van der Waals surface area contributed by atoms with Crippen molar-refractivity contribution in [2.45, 2.75) is 77.4 Å². The molecule has 1 aliphatic rings. The molecule has 19 heavy (non-hydrogen) atoms. The fourth-order valence-corrected chi connectivity index (χ4v) is 2.53. The maximum atomic E-state index is 11.5. The second-order valence-electron chi connectivity index (χ2n) is 5.59. The molecule has 0 radical (unpaired) electrons. The van der Waals surface area contributed by atoms with E-state index < -0.39 is 5.60 Å². The Bertz CT molecular complexity index is 313. The smallest absolute Gasteiger partial charge is 0.303 e. The molecule has 0 aromatic heterocycles. The van der Waals surface area contributed by atoms with Crippen LogP contribution in [-0.4, -0.2) is 30.1 Å². The van der Waals surface area contributed by atoms with E-state index >= 15 is 0 Å². The van der Waals surface area contributed by atoms with E-state index in [1.807, 2.05) is 6.92 Å². The minimum absolute atomic E-state index is 0.0921. The summed E-state index contributed by atoms with van der Waals surface area (Å²) in [4.78, 5) is 22.7. The van der Waals surface area contributed by atoms with E-state index in [-0.39, 0.29) is 24.5 Å². The van der Waals surface area contributed by atoms with Crippen LogP contribution in [0.2, 0.25) is 0 Å². The molecule has 110 valence electrons. The van der Waals surface area contributed by atoms with Crippen LogP contribution in [0, 0.1) is 0 Å². The van der Waals surface area contributed by atoms with Crippen molar-refractivity contribution in [2.24, 2.45) is 0 Å². The van der Waals surface area contributed by atoms with Crippen molar-refractivity contribution >= 4 is 11.8 Å². The third kappa shape index (κ3) is 5.31. The van der Waals surface area contributed by atoms with Gasteiger partial charge in [0.05, 0.1) is 0 Å². The molecule has 1 fully saturated rings. The zero-order valence-electron chi connectivity index (χ0n) is 12.4. The lowest BCUT2D eigenvalue weighted by Gasteiger charge is -2.35. The topological polar surface area (TPSA) is 52.6 Å². The van der Waals surface area contributed by atoms with Crippen LogP contribution in [0.3, 0.4) is 0 Å². The maximum Gasteiger partial charge on any atom is 0.303 e. The van der Waals surface area contributed by atoms with Gasteiger partial charge in [-0.05, 0) is 19.8 Å². The van der Waals surface area contributed by atoms with Crippen LogP contribution in [0.1, 0.15) is 65.7 Å². The summed E-state index contributed by atoms with van der Waals surface area (Å²) < 4.78 is 11.1. The van der Waals surface area contributed by atoms with E-state index in [2.05, 4.69) is 6.92 Å². The van der Waals surface area contributed by atoms with Crippen LogP contribution in [-0.2, 0) is 19.1 Å². The van der Waals surface area contributed by atoms with Crippen molar-refractivity contribution in [3.05, 3.63) is 0 Å². The van der Waals surface area contributed by atoms with Crippen molar-refractivity contribution in [1.29, 1.82) is 0 Å². The third-order valence-electron chi connectivity index (χ3n) is 3.76. The van der Waals surface area contributed by atoms with Gasteiger partial charge < -0.3 is 9.47 Å². The summed E-state index contributed by atoms with van der Waals surface area (Å²) in [5.41, 5.74) is -0.522. The molecular formula is C15H26O4. The molecule has 0 amide bonds. The van der Waals surface area contributed by atoms with Gasteiger partial charge in [0.15, 0.2) is 5.78 Å². The Morgan fingerprint density at radius 2 is 2.16 bits per heavy atom. The molecule has 0 aromatic carbocycles. The van der Waals surface area contributed by atoms with E-state index in [9.17, 15) is 9.59 Å². The van der Waals surface area contributed by atoms with Crippen LogP contribution < -0.4 is 0 Å². The Morgan fingerprint density at radius 3 is 2.79 bits per heavy atom. The van der Waals surface area contributed by atoms with Crippen molar-refractivity contribution in [3.8, 4) is 0 Å². The van der Waals surface area contributed by atoms with Gasteiger partial charge in [-0.2, -0.15) is 0 Å². The van der Waals surface area contributed by atoms with E-state index in [4.69, 9.17) is 9.47 Å². The Kier molecular flexibility index (Phi) is 6.49. The van der Waals surface area contributed by atoms with Gasteiger partial charge in [-0.1, -0.05) is 32.6 Å². The normalized spacial score (nSPS) is 27.9. The van der Waals surface area contributed by atoms with Gasteiger partial charge in [0.25, 0.3) is 0 Å². The second kappa shape index (κ2) is 7.63. The summed E-state index contributed by atoms with van der Waals surface area (Å²) in [6.45, 7) is 5.68. The number of Topliss-reactive ketones (excluding diaryl/α,β-unsaturated/α-hetero) is 1. The summed E-state index contributed by atoms with van der Waals surface area (Å²) >= 11 is 0. The van der Waals surface area contributed by atoms with Crippen LogP contribution in [0.15, 0.2) is 0 Å². The predicted octanol–water partition coefficient (Wildman–Crippen LogP) is 3.03. The van der Waals surface area contributed by atoms with E-state index in [1.165, 1.54) is 19.8 Å². The highest BCUT2D eigenvalue weighted by Crippen LogP contribution is 2.31. The van der Waals surface area contributed by atoms with Crippen LogP contribution in [0.5, 0.6) is 0 Å². The van der Waals surface area contributed by atoms with Crippen molar-refractivity contribution in [3.63, 3.8) is 0 Å². The Labute approximate surface area is 115 Å². The SMILES string of the molecule is CCCCCCC1(C)OCC(=O)CCC1OC(C)=O. The summed E-state index contributed by atoms with van der Waals surface area (Å²) in [6.07, 6.45) is 6.10. The van der Waals surface area contributed by atoms with Crippen molar-refractivity contribution < 1.29 is 19.1 Å². The quantitative estimate of drug-likeness (QED) is 0.550. The number of ether oxygens (including phenoxy) is 2. The number of esters is 1. The number of hydrogen-bond acceptors (Lipinski definition) is 4. The number of unbranched alkanes of at least 4 members (excludes halogenated alkanes) is 3. The van der Waals surface area contributed by atoms with E-state index in [0.717, 1.165) is 19.3 Å². The fourth-order valence-electron chi connectivity index (χ4n) is 2.53. The predicted molar refractivity (Wildman–Crippen MR) is 72.9 cm³/mol. The Balaban J connectivity index is 2.64. The molecule has 0 spiro atoms. The van der Waals surface area contributed by atoms with Gasteiger partial charge in [0.2, 0.25) is 0 Å². The molecule has 0 aromatic rings. The van der Waals surface area contributed by atoms with Crippen molar-refractivity contribution in [1.82, 2.24) is 0 Å². The molecule has 0 aliphatic carbocycles. The van der Waals surface area contributed by atoms with Gasteiger partial charge in [-0.25, -0.2) is 0 Å². The summed E-state index contributed by atoms with van der Waals surface area (Å²) in [7, 11) is 0. The van der Waals surface area contributed by atoms with Gasteiger partial charge in [0, 0.05) is 13.3 Å². The van der Waals surface area contributed by atoms with Crippen molar-refractivity contribution in [2.75, 3.05) is 6.61 Å². The van der Waals surface area contributed by atoms with Gasteiger partial charge in [-0.15, -0.1) is 0 Å². The molecule has 2 unspecified atom stereocenters. The third-order valence-corrected chi connectivity index (χ3v) is 3.76. The van der Waals surface area contributed by atoms with Crippen LogP contribution in [0.4, 0.5) is 0 Å². The minimum atomic E-state index is -0.522. The molecule has 1 heterocycles. The summed E-state index contributed by atoms with van der Waals surface area (Å²) in [5, 5.41) is 0. The lowest BCUT2D eigenvalue weighted by Crippen LogP contribution is -2.43. The highest BCUT2D eigenvalue weighted by atomic mass is 16.6. The zero-order chi connectivity index (χ0) is 14.3. The van der Waals surface area contributed by atoms with Gasteiger partial charge >= 0.3 is 5.97 Å². The molecule has 2 atom stereocenters. The van der Waals surface area contributed by atoms with E-state index in [1.54, 1.807) is 0 Å². The standard InChI is InChI=1S/C15H26O4/c1-4-5-6-7-10-15(3)14(19-12(2)16)9-8-13(17)11-18-15/h14H,4-11H2,1-3H3. The van der Waals surface area contributed by atoms with E-state index in [0.29, 0.717) is 12.8 Å². The first kappa shape index (κ1) is 16.2. The first-order valence-corrected chi connectivity index (χ1v) is 7.31. The molecule has 4 heteroatoms. The molecule has 1 aliphatic heterocycles. The highest BCUT2D eigenvalue weighted by molar-refractivity contribution is 5.80. The molecule has 0 bridgehead atoms. The zero-order valence-corrected chi connectivity index (χ0v) is 12.4. The molecular weight excluding hydrogens is 244 g/mol. The average molecular weight is 270 g/mol. The van der Waals surface area contributed by atoms with Crippen LogP contribution in [0.25, 0.3) is 0 Å². The second-order valence-corrected chi connectivity index (χ2v) is 5.59. The van der Waals surface area contributed by atoms with Gasteiger partial charge in [0.1, 0.15) is 18.3 Å². The lowest BCUT2D eigenvalue weighted by atomic mass is 9.89. The summed E-state index contributed by atoms with van der Waals surface area (Å²) in [5.74, 6) is -0.211. The molecule has 0 N–H and O–H groups in total. The monoisotopic (exact) mass is 270 g/mol. The molecule has 4 nitrogen and oxygen atoms in total. The molecule has 1 saturated heterocycles. The molecule has 1 rings (SSSR count). The lowest BCUT2D eigenvalue weighted by molar-refractivity contribution is -0.168. The maximum absolute atomic E-state index is 11.5. The number of hydrogen-bond donors (Lipinski definition) is 0. The minimum Gasteiger partial charge on any atom is -0.459 e. The number of carbonyl (C=O) groups is 2. The first-order chi connectivity index (χ1) is 8.98. The van der Waals surface area contributed by atoms with Gasteiger partial charge in [-0.3, -0.25) is 9.59 Å². The number of ketones is 1. The Morgan fingerprint density at radius 1 is 1.42 bits per heavy atom. The summed E-state index contributed by atoms with van der Waals surface area (Å²) in [6, 6.07) is 0. The largest absolute Gasteiger partial charge is 0.459 e. The first-order valence-electron chi connectivity index (χ1n) is 7.31. The number of rotatable bonds is 6. The number of carbonyl (C=O) groups excluding carboxylic acids is 2.